The lowest BCUT2D eigenvalue weighted by molar-refractivity contribution is 0.258. The second-order valence-electron chi connectivity index (χ2n) is 4.66. The SMILES string of the molecule is CCCN1CCN(c2cc(C)nc(NN)n2)CC1. The molecule has 2 heterocycles. The molecule has 2 rings (SSSR count). The normalized spacial score (nSPS) is 16.9. The molecule has 0 amide bonds. The standard InChI is InChI=1S/C12H22N6/c1-3-4-17-5-7-18(8-6-17)11-9-10(2)14-12(15-11)16-13/h9H,3-8,13H2,1-2H3,(H,14,15,16). The predicted molar refractivity (Wildman–Crippen MR) is 73.5 cm³/mol. The lowest BCUT2D eigenvalue weighted by Crippen LogP contribution is -2.46. The molecule has 1 saturated heterocycles. The predicted octanol–water partition coefficient (Wildman–Crippen LogP) is 0.603. The highest BCUT2D eigenvalue weighted by Crippen LogP contribution is 2.16. The Morgan fingerprint density at radius 2 is 2.00 bits per heavy atom. The number of rotatable bonds is 4. The summed E-state index contributed by atoms with van der Waals surface area (Å²) in [7, 11) is 0. The average molecular weight is 250 g/mol. The number of nitrogens with two attached hydrogens (primary N) is 1. The summed E-state index contributed by atoms with van der Waals surface area (Å²) in [5.74, 6) is 6.83. The van der Waals surface area contributed by atoms with Gasteiger partial charge in [0.15, 0.2) is 0 Å². The third-order valence-corrected chi connectivity index (χ3v) is 3.21. The molecule has 100 valence electrons. The molecule has 0 aromatic carbocycles. The molecular formula is C12H22N6. The van der Waals surface area contributed by atoms with Crippen LogP contribution < -0.4 is 16.2 Å². The molecule has 0 aliphatic carbocycles. The molecule has 0 radical (unpaired) electrons. The largest absolute Gasteiger partial charge is 0.354 e. The number of nitrogens with one attached hydrogen (secondary N) is 1. The van der Waals surface area contributed by atoms with E-state index in [1.165, 1.54) is 13.0 Å². The van der Waals surface area contributed by atoms with Crippen molar-refractivity contribution in [2.45, 2.75) is 20.3 Å². The van der Waals surface area contributed by atoms with Crippen molar-refractivity contribution in [1.29, 1.82) is 0 Å². The van der Waals surface area contributed by atoms with E-state index >= 15 is 0 Å². The molecule has 1 aromatic heterocycles. The van der Waals surface area contributed by atoms with Crippen LogP contribution in [0.5, 0.6) is 0 Å². The van der Waals surface area contributed by atoms with E-state index in [4.69, 9.17) is 5.84 Å². The van der Waals surface area contributed by atoms with Gasteiger partial charge in [-0.15, -0.1) is 0 Å². The number of hydrogen-bond donors (Lipinski definition) is 2. The van der Waals surface area contributed by atoms with Crippen LogP contribution >= 0.6 is 0 Å². The lowest BCUT2D eigenvalue weighted by atomic mass is 10.3. The van der Waals surface area contributed by atoms with Crippen LogP contribution in [-0.2, 0) is 0 Å². The number of aryl methyl sites for hydroxylation is 1. The maximum atomic E-state index is 5.38. The van der Waals surface area contributed by atoms with Crippen molar-refractivity contribution < 1.29 is 0 Å². The first-order valence-electron chi connectivity index (χ1n) is 6.52. The first-order valence-corrected chi connectivity index (χ1v) is 6.52. The highest BCUT2D eigenvalue weighted by molar-refractivity contribution is 5.44. The van der Waals surface area contributed by atoms with Gasteiger partial charge in [0.1, 0.15) is 5.82 Å². The summed E-state index contributed by atoms with van der Waals surface area (Å²) in [5, 5.41) is 0. The van der Waals surface area contributed by atoms with Crippen molar-refractivity contribution in [3.63, 3.8) is 0 Å². The summed E-state index contributed by atoms with van der Waals surface area (Å²) < 4.78 is 0. The number of hydrazine groups is 1. The third-order valence-electron chi connectivity index (χ3n) is 3.21. The molecule has 18 heavy (non-hydrogen) atoms. The summed E-state index contributed by atoms with van der Waals surface area (Å²) in [6.45, 7) is 9.59. The van der Waals surface area contributed by atoms with Gasteiger partial charge < -0.3 is 4.90 Å². The molecule has 6 heteroatoms. The van der Waals surface area contributed by atoms with Gasteiger partial charge in [-0.2, -0.15) is 4.98 Å². The van der Waals surface area contributed by atoms with E-state index in [9.17, 15) is 0 Å². The molecule has 1 aromatic rings. The number of hydrogen-bond acceptors (Lipinski definition) is 6. The van der Waals surface area contributed by atoms with Crippen molar-refractivity contribution in [2.75, 3.05) is 43.0 Å². The summed E-state index contributed by atoms with van der Waals surface area (Å²) in [4.78, 5) is 13.4. The molecule has 0 saturated carbocycles. The zero-order valence-corrected chi connectivity index (χ0v) is 11.2. The van der Waals surface area contributed by atoms with Crippen LogP contribution in [0, 0.1) is 6.92 Å². The topological polar surface area (TPSA) is 70.3 Å². The number of aromatic nitrogens is 2. The molecule has 1 aliphatic rings. The van der Waals surface area contributed by atoms with Gasteiger partial charge in [-0.3, -0.25) is 10.3 Å². The molecule has 1 fully saturated rings. The Balaban J connectivity index is 2.02. The minimum absolute atomic E-state index is 0.487. The van der Waals surface area contributed by atoms with E-state index < -0.39 is 0 Å². The molecular weight excluding hydrogens is 228 g/mol. The van der Waals surface area contributed by atoms with Gasteiger partial charge in [0.05, 0.1) is 0 Å². The van der Waals surface area contributed by atoms with Crippen LogP contribution in [0.4, 0.5) is 11.8 Å². The second-order valence-corrected chi connectivity index (χ2v) is 4.66. The van der Waals surface area contributed by atoms with Crippen molar-refractivity contribution >= 4 is 11.8 Å². The van der Waals surface area contributed by atoms with E-state index in [2.05, 4.69) is 32.1 Å². The molecule has 0 bridgehead atoms. The Morgan fingerprint density at radius 3 is 2.61 bits per heavy atom. The molecule has 1 aliphatic heterocycles. The zero-order chi connectivity index (χ0) is 13.0. The van der Waals surface area contributed by atoms with E-state index in [1.807, 2.05) is 13.0 Å². The minimum Gasteiger partial charge on any atom is -0.354 e. The molecule has 6 nitrogen and oxygen atoms in total. The van der Waals surface area contributed by atoms with Gasteiger partial charge in [-0.05, 0) is 19.9 Å². The monoisotopic (exact) mass is 250 g/mol. The summed E-state index contributed by atoms with van der Waals surface area (Å²) >= 11 is 0. The van der Waals surface area contributed by atoms with Crippen LogP contribution in [0.1, 0.15) is 19.0 Å². The first kappa shape index (κ1) is 13.0. The Kier molecular flexibility index (Phi) is 4.33. The van der Waals surface area contributed by atoms with Crippen molar-refractivity contribution in [1.82, 2.24) is 14.9 Å². The number of nitrogens with zero attached hydrogens (tertiary/aromatic N) is 4. The van der Waals surface area contributed by atoms with Crippen LogP contribution in [0.15, 0.2) is 6.07 Å². The van der Waals surface area contributed by atoms with Gasteiger partial charge in [-0.1, -0.05) is 6.92 Å². The Labute approximate surface area is 108 Å². The van der Waals surface area contributed by atoms with Crippen molar-refractivity contribution in [3.05, 3.63) is 11.8 Å². The fourth-order valence-electron chi connectivity index (χ4n) is 2.30. The van der Waals surface area contributed by atoms with E-state index in [0.717, 1.165) is 37.7 Å². The number of anilines is 2. The quantitative estimate of drug-likeness (QED) is 0.602. The van der Waals surface area contributed by atoms with Crippen molar-refractivity contribution in [3.8, 4) is 0 Å². The van der Waals surface area contributed by atoms with E-state index in [0.29, 0.717) is 5.95 Å². The Hall–Kier alpha value is -1.40. The molecule has 0 atom stereocenters. The smallest absolute Gasteiger partial charge is 0.239 e. The van der Waals surface area contributed by atoms with Gasteiger partial charge in [-0.25, -0.2) is 10.8 Å². The van der Waals surface area contributed by atoms with Crippen LogP contribution in [0.25, 0.3) is 0 Å². The highest BCUT2D eigenvalue weighted by atomic mass is 15.3. The third kappa shape index (κ3) is 3.08. The first-order chi connectivity index (χ1) is 8.72. The second kappa shape index (κ2) is 5.97. The van der Waals surface area contributed by atoms with E-state index in [1.54, 1.807) is 0 Å². The highest BCUT2D eigenvalue weighted by Gasteiger charge is 2.18. The minimum atomic E-state index is 0.487. The number of nitrogen functional groups attached to an aromatic ring is 1. The van der Waals surface area contributed by atoms with Gasteiger partial charge in [0, 0.05) is 37.9 Å². The molecule has 0 spiro atoms. The van der Waals surface area contributed by atoms with E-state index in [-0.39, 0.29) is 0 Å². The maximum absolute atomic E-state index is 5.38. The number of piperazine rings is 1. The van der Waals surface area contributed by atoms with Gasteiger partial charge in [0.2, 0.25) is 5.95 Å². The average Bonchev–Trinajstić information content (AvgIpc) is 2.39. The van der Waals surface area contributed by atoms with Crippen LogP contribution in [0.2, 0.25) is 0 Å². The molecule has 0 unspecified atom stereocenters. The molecule has 3 N–H and O–H groups in total. The van der Waals surface area contributed by atoms with Crippen LogP contribution in [0.3, 0.4) is 0 Å². The fourth-order valence-corrected chi connectivity index (χ4v) is 2.30. The van der Waals surface area contributed by atoms with Gasteiger partial charge in [0.25, 0.3) is 0 Å². The van der Waals surface area contributed by atoms with Crippen molar-refractivity contribution in [2.24, 2.45) is 5.84 Å². The summed E-state index contributed by atoms with van der Waals surface area (Å²) in [5.41, 5.74) is 3.45. The van der Waals surface area contributed by atoms with Crippen LogP contribution in [-0.4, -0.2) is 47.6 Å². The Morgan fingerprint density at radius 1 is 1.28 bits per heavy atom. The fraction of sp³-hybridized carbons (Fsp3) is 0.667. The lowest BCUT2D eigenvalue weighted by Gasteiger charge is -2.35. The summed E-state index contributed by atoms with van der Waals surface area (Å²) in [6, 6.07) is 2.01. The zero-order valence-electron chi connectivity index (χ0n) is 11.2. The maximum Gasteiger partial charge on any atom is 0.239 e. The summed E-state index contributed by atoms with van der Waals surface area (Å²) in [6.07, 6.45) is 1.22. The van der Waals surface area contributed by atoms with Gasteiger partial charge >= 0.3 is 0 Å². The Bertz CT molecular complexity index is 386.